The summed E-state index contributed by atoms with van der Waals surface area (Å²) in [5.41, 5.74) is 1.05. The van der Waals surface area contributed by atoms with Crippen LogP contribution in [0.1, 0.15) is 17.0 Å². The molecule has 1 aromatic heterocycles. The third-order valence-corrected chi connectivity index (χ3v) is 4.95. The van der Waals surface area contributed by atoms with Crippen LogP contribution < -0.4 is 4.72 Å². The Morgan fingerprint density at radius 2 is 1.82 bits per heavy atom. The number of nitrogens with one attached hydrogen (secondary N) is 1. The molecule has 0 fully saturated rings. The fraction of sp³-hybridized carbons (Fsp3) is 0.273. The van der Waals surface area contributed by atoms with Crippen molar-refractivity contribution in [3.63, 3.8) is 0 Å². The number of hydrogen-bond acceptors (Lipinski definition) is 5. The maximum absolute atomic E-state index is 12.3. The van der Waals surface area contributed by atoms with E-state index in [0.717, 1.165) is 0 Å². The van der Waals surface area contributed by atoms with Crippen LogP contribution in [0.2, 0.25) is 0 Å². The number of hydrogen-bond donors (Lipinski definition) is 1. The molecule has 0 aliphatic heterocycles. The second kappa shape index (κ2) is 5.54. The van der Waals surface area contributed by atoms with E-state index < -0.39 is 28.1 Å². The summed E-state index contributed by atoms with van der Waals surface area (Å²) in [6.45, 7) is 3.23. The molecule has 1 heterocycles. The quantitative estimate of drug-likeness (QED) is 0.855. The minimum atomic E-state index is -4.85. The van der Waals surface area contributed by atoms with E-state index in [9.17, 15) is 21.6 Å². The normalized spacial score (nSPS) is 12.5. The van der Waals surface area contributed by atoms with Crippen molar-refractivity contribution < 1.29 is 26.0 Å². The molecule has 0 saturated heterocycles. The van der Waals surface area contributed by atoms with Crippen LogP contribution in [-0.2, 0) is 16.2 Å². The van der Waals surface area contributed by atoms with Gasteiger partial charge in [0.05, 0.1) is 4.90 Å². The van der Waals surface area contributed by atoms with Gasteiger partial charge >= 0.3 is 18.1 Å². The lowest BCUT2D eigenvalue weighted by Crippen LogP contribution is -2.15. The average molecular weight is 400 g/mol. The first-order valence-corrected chi connectivity index (χ1v) is 7.98. The Kier molecular flexibility index (Phi) is 4.22. The topological polar surface area (TPSA) is 85.1 Å². The molecule has 0 spiro atoms. The van der Waals surface area contributed by atoms with Gasteiger partial charge < -0.3 is 4.42 Å². The molecule has 0 amide bonds. The molecule has 0 saturated carbocycles. The van der Waals surface area contributed by atoms with Crippen molar-refractivity contribution in [2.24, 2.45) is 0 Å². The summed E-state index contributed by atoms with van der Waals surface area (Å²) in [4.78, 5) is -0.0973. The fourth-order valence-electron chi connectivity index (χ4n) is 1.59. The highest BCUT2D eigenvalue weighted by Crippen LogP contribution is 2.30. The number of aromatic nitrogens is 2. The van der Waals surface area contributed by atoms with Crippen LogP contribution >= 0.6 is 15.9 Å². The summed E-state index contributed by atoms with van der Waals surface area (Å²) >= 11 is 3.26. The highest BCUT2D eigenvalue weighted by atomic mass is 79.9. The van der Waals surface area contributed by atoms with Gasteiger partial charge in [-0.15, -0.1) is 5.10 Å². The maximum atomic E-state index is 12.3. The van der Waals surface area contributed by atoms with Gasteiger partial charge in [-0.3, -0.25) is 0 Å². The molecule has 0 aliphatic rings. The lowest BCUT2D eigenvalue weighted by atomic mass is 10.2. The fourth-order valence-corrected chi connectivity index (χ4v) is 3.29. The molecule has 2 aromatic rings. The van der Waals surface area contributed by atoms with Crippen molar-refractivity contribution in [2.45, 2.75) is 24.9 Å². The molecule has 1 aromatic carbocycles. The first-order chi connectivity index (χ1) is 10.0. The van der Waals surface area contributed by atoms with Gasteiger partial charge in [0.1, 0.15) is 0 Å². The Bertz CT molecular complexity index is 818. The Hall–Kier alpha value is -1.62. The molecule has 22 heavy (non-hydrogen) atoms. The van der Waals surface area contributed by atoms with Gasteiger partial charge in [0, 0.05) is 4.47 Å². The molecule has 0 bridgehead atoms. The van der Waals surface area contributed by atoms with Crippen LogP contribution in [0.25, 0.3) is 0 Å². The van der Waals surface area contributed by atoms with Crippen molar-refractivity contribution in [3.05, 3.63) is 33.6 Å². The number of anilines is 1. The SMILES string of the molecule is Cc1cc(S(=O)(=O)Nc2nnc(C(F)(F)F)o2)c(C)cc1Br. The predicted octanol–water partition coefficient (Wildman–Crippen LogP) is 3.27. The van der Waals surface area contributed by atoms with E-state index >= 15 is 0 Å². The summed E-state index contributed by atoms with van der Waals surface area (Å²) in [6.07, 6.45) is -4.85. The Morgan fingerprint density at radius 3 is 2.36 bits per heavy atom. The summed E-state index contributed by atoms with van der Waals surface area (Å²) in [6, 6.07) is 2.11. The average Bonchev–Trinajstić information content (AvgIpc) is 2.81. The smallest absolute Gasteiger partial charge is 0.399 e. The number of rotatable bonds is 3. The highest BCUT2D eigenvalue weighted by Gasteiger charge is 2.38. The third-order valence-electron chi connectivity index (χ3n) is 2.63. The van der Waals surface area contributed by atoms with Crippen molar-refractivity contribution in [3.8, 4) is 0 Å². The van der Waals surface area contributed by atoms with Crippen molar-refractivity contribution in [2.75, 3.05) is 4.72 Å². The number of sulfonamides is 1. The molecular weight excluding hydrogens is 391 g/mol. The standard InChI is InChI=1S/C11H9BrF3N3O3S/c1-5-4-8(6(2)3-7(5)12)22(19,20)18-10-17-16-9(21-10)11(13,14)15/h3-4H,1-2H3,(H,17,18). The third kappa shape index (κ3) is 3.40. The Morgan fingerprint density at radius 1 is 1.18 bits per heavy atom. The number of aryl methyl sites for hydroxylation is 2. The van der Waals surface area contributed by atoms with Crippen molar-refractivity contribution in [1.82, 2.24) is 10.2 Å². The molecule has 11 heteroatoms. The zero-order chi connectivity index (χ0) is 16.7. The maximum Gasteiger partial charge on any atom is 0.470 e. The molecular formula is C11H9BrF3N3O3S. The zero-order valence-electron chi connectivity index (χ0n) is 11.2. The summed E-state index contributed by atoms with van der Waals surface area (Å²) in [5, 5.41) is 5.77. The van der Waals surface area contributed by atoms with Crippen LogP contribution in [0, 0.1) is 13.8 Å². The Labute approximate surface area is 131 Å². The van der Waals surface area contributed by atoms with E-state index in [1.807, 2.05) is 4.72 Å². The molecule has 0 radical (unpaired) electrons. The number of alkyl halides is 3. The van der Waals surface area contributed by atoms with E-state index in [-0.39, 0.29) is 4.90 Å². The van der Waals surface area contributed by atoms with Gasteiger partial charge in [-0.05, 0) is 37.1 Å². The van der Waals surface area contributed by atoms with Gasteiger partial charge in [0.15, 0.2) is 0 Å². The van der Waals surface area contributed by atoms with Gasteiger partial charge in [-0.25, -0.2) is 13.1 Å². The van der Waals surface area contributed by atoms with Crippen LogP contribution in [0.3, 0.4) is 0 Å². The van der Waals surface area contributed by atoms with E-state index in [1.54, 1.807) is 19.9 Å². The van der Waals surface area contributed by atoms with Crippen LogP contribution in [0.5, 0.6) is 0 Å². The van der Waals surface area contributed by atoms with Gasteiger partial charge in [0.25, 0.3) is 10.0 Å². The number of halogens is 4. The molecule has 2 rings (SSSR count). The highest BCUT2D eigenvalue weighted by molar-refractivity contribution is 9.10. The molecule has 6 nitrogen and oxygen atoms in total. The molecule has 0 unspecified atom stereocenters. The summed E-state index contributed by atoms with van der Waals surface area (Å²) < 4.78 is 68.2. The van der Waals surface area contributed by atoms with E-state index in [0.29, 0.717) is 15.6 Å². The van der Waals surface area contributed by atoms with E-state index in [4.69, 9.17) is 0 Å². The lowest BCUT2D eigenvalue weighted by molar-refractivity contribution is -0.156. The van der Waals surface area contributed by atoms with Crippen molar-refractivity contribution in [1.29, 1.82) is 0 Å². The monoisotopic (exact) mass is 399 g/mol. The van der Waals surface area contributed by atoms with Gasteiger partial charge in [0.2, 0.25) is 0 Å². The Balaban J connectivity index is 2.36. The van der Waals surface area contributed by atoms with Gasteiger partial charge in [-0.1, -0.05) is 21.0 Å². The first-order valence-electron chi connectivity index (χ1n) is 5.71. The number of nitrogens with zero attached hydrogens (tertiary/aromatic N) is 2. The summed E-state index contributed by atoms with van der Waals surface area (Å²) in [7, 11) is -4.15. The van der Waals surface area contributed by atoms with Crippen molar-refractivity contribution >= 4 is 32.0 Å². The first kappa shape index (κ1) is 16.7. The molecule has 0 aliphatic carbocycles. The minimum absolute atomic E-state index is 0.0973. The van der Waals surface area contributed by atoms with Crippen LogP contribution in [-0.4, -0.2) is 18.6 Å². The lowest BCUT2D eigenvalue weighted by Gasteiger charge is -2.09. The van der Waals surface area contributed by atoms with Gasteiger partial charge in [-0.2, -0.15) is 13.2 Å². The van der Waals surface area contributed by atoms with Crippen LogP contribution in [0.4, 0.5) is 19.2 Å². The molecule has 1 N–H and O–H groups in total. The minimum Gasteiger partial charge on any atom is -0.399 e. The largest absolute Gasteiger partial charge is 0.470 e. The zero-order valence-corrected chi connectivity index (χ0v) is 13.6. The van der Waals surface area contributed by atoms with E-state index in [1.165, 1.54) is 6.07 Å². The second-order valence-electron chi connectivity index (χ2n) is 4.38. The second-order valence-corrected chi connectivity index (χ2v) is 6.89. The number of benzene rings is 1. The summed E-state index contributed by atoms with van der Waals surface area (Å²) in [5.74, 6) is -1.63. The molecule has 0 atom stereocenters. The van der Waals surface area contributed by atoms with Crippen LogP contribution in [0.15, 0.2) is 25.9 Å². The predicted molar refractivity (Wildman–Crippen MR) is 73.7 cm³/mol. The van der Waals surface area contributed by atoms with E-state index in [2.05, 4.69) is 30.5 Å². The molecule has 120 valence electrons.